The molecule has 236 valence electrons. The van der Waals surface area contributed by atoms with Crippen molar-refractivity contribution in [3.8, 4) is 11.5 Å². The number of allylic oxidation sites excluding steroid dienone is 3. The Balaban J connectivity index is 2.06. The molecule has 19 heteroatoms. The van der Waals surface area contributed by atoms with E-state index in [1.165, 1.54) is 21.1 Å². The molecule has 0 aliphatic heterocycles. The number of nitrogens with zero attached hydrogens (tertiary/aromatic N) is 3. The van der Waals surface area contributed by atoms with Gasteiger partial charge in [0.15, 0.2) is 0 Å². The zero-order valence-corrected chi connectivity index (χ0v) is 25.0. The Hall–Kier alpha value is -4.72. The minimum absolute atomic E-state index is 0.0211. The van der Waals surface area contributed by atoms with Gasteiger partial charge in [0.1, 0.15) is 34.5 Å². The molecule has 0 amide bonds. The molecule has 0 bridgehead atoms. The minimum atomic E-state index is -4.75. The molecule has 0 unspecified atom stereocenters. The number of hydrogen-bond acceptors (Lipinski definition) is 13. The predicted molar refractivity (Wildman–Crippen MR) is 153 cm³/mol. The van der Waals surface area contributed by atoms with Crippen LogP contribution in [0, 0.1) is 20.2 Å². The van der Waals surface area contributed by atoms with Gasteiger partial charge in [0.25, 0.3) is 31.4 Å². The number of ether oxygens (including phenoxy) is 4. The van der Waals surface area contributed by atoms with Gasteiger partial charge in [-0.05, 0) is 36.8 Å². The average molecular weight is 655 g/mol. The fourth-order valence-electron chi connectivity index (χ4n) is 3.57. The normalized spacial score (nSPS) is 14.5. The smallest absolute Gasteiger partial charge is 0.286 e. The second-order valence-electron chi connectivity index (χ2n) is 8.77. The molecule has 0 aromatic heterocycles. The fourth-order valence-corrected chi connectivity index (χ4v) is 6.00. The number of nitro benzene ring substituents is 2. The molecule has 2 aromatic carbocycles. The van der Waals surface area contributed by atoms with E-state index in [4.69, 9.17) is 18.9 Å². The van der Waals surface area contributed by atoms with Gasteiger partial charge in [-0.1, -0.05) is 0 Å². The van der Waals surface area contributed by atoms with Crippen LogP contribution in [-0.2, 0) is 34.3 Å². The summed E-state index contributed by atoms with van der Waals surface area (Å²) in [5.74, 6) is -1.42. The average Bonchev–Trinajstić information content (AvgIpc) is 2.95. The van der Waals surface area contributed by atoms with Crippen LogP contribution in [0.2, 0.25) is 0 Å². The van der Waals surface area contributed by atoms with E-state index in [0.29, 0.717) is 0 Å². The molecule has 1 aliphatic rings. The molecule has 44 heavy (non-hydrogen) atoms. The number of hydrogen-bond donors (Lipinski definition) is 1. The number of methoxy groups -OCH3 is 2. The maximum absolute atomic E-state index is 13.3. The number of carbonyl (C=O) groups is 1. The van der Waals surface area contributed by atoms with Gasteiger partial charge in [-0.2, -0.15) is 12.8 Å². The summed E-state index contributed by atoms with van der Waals surface area (Å²) >= 11 is 0. The van der Waals surface area contributed by atoms with E-state index >= 15 is 0 Å². The zero-order valence-electron chi connectivity index (χ0n) is 23.4. The van der Waals surface area contributed by atoms with E-state index in [9.17, 15) is 41.9 Å². The Bertz CT molecular complexity index is 1780. The first-order valence-corrected chi connectivity index (χ1v) is 15.3. The molecule has 0 saturated carbocycles. The molecule has 0 atom stereocenters. The quantitative estimate of drug-likeness (QED) is 0.126. The van der Waals surface area contributed by atoms with Gasteiger partial charge in [0.05, 0.1) is 34.5 Å². The van der Waals surface area contributed by atoms with Crippen molar-refractivity contribution in [2.24, 2.45) is 4.40 Å². The summed E-state index contributed by atoms with van der Waals surface area (Å²) in [6, 6.07) is 5.67. The Kier molecular flexibility index (Phi) is 10.9. The number of rotatable bonds is 15. The van der Waals surface area contributed by atoms with Crippen molar-refractivity contribution in [3.63, 3.8) is 0 Å². The summed E-state index contributed by atoms with van der Waals surface area (Å²) in [5, 5.41) is 22.6. The molecule has 0 heterocycles. The van der Waals surface area contributed by atoms with Gasteiger partial charge in [0.2, 0.25) is 5.78 Å². The summed E-state index contributed by atoms with van der Waals surface area (Å²) in [5.41, 5.74) is -2.16. The number of nitro groups is 2. The zero-order chi connectivity index (χ0) is 32.7. The molecule has 2 aromatic rings. The Morgan fingerprint density at radius 2 is 1.30 bits per heavy atom. The Morgan fingerprint density at radius 3 is 1.80 bits per heavy atom. The van der Waals surface area contributed by atoms with Gasteiger partial charge in [-0.25, -0.2) is 8.42 Å². The van der Waals surface area contributed by atoms with Crippen LogP contribution in [0.1, 0.15) is 6.92 Å². The third-order valence-electron chi connectivity index (χ3n) is 5.69. The van der Waals surface area contributed by atoms with Gasteiger partial charge in [-0.3, -0.25) is 29.7 Å². The maximum Gasteiger partial charge on any atom is 0.286 e. The number of non-ortho nitro benzene ring substituents is 2. The molecule has 1 aliphatic carbocycles. The minimum Gasteiger partial charge on any atom is -0.490 e. The lowest BCUT2D eigenvalue weighted by atomic mass is 10.0. The first kappa shape index (κ1) is 33.8. The third-order valence-corrected chi connectivity index (χ3v) is 8.39. The second kappa shape index (κ2) is 14.2. The Morgan fingerprint density at radius 1 is 0.795 bits per heavy atom. The number of nitrogens with one attached hydrogen (secondary N) is 1. The van der Waals surface area contributed by atoms with E-state index in [-0.39, 0.29) is 49.2 Å². The van der Waals surface area contributed by atoms with Crippen LogP contribution in [0.3, 0.4) is 0 Å². The van der Waals surface area contributed by atoms with Crippen LogP contribution in [0.25, 0.3) is 0 Å². The van der Waals surface area contributed by atoms with Crippen LogP contribution in [-0.4, -0.2) is 78.8 Å². The highest BCUT2D eigenvalue weighted by Gasteiger charge is 2.29. The van der Waals surface area contributed by atoms with Crippen molar-refractivity contribution in [2.75, 3.05) is 40.6 Å². The molecule has 1 N–H and O–H groups in total. The highest BCUT2D eigenvalue weighted by molar-refractivity contribution is 7.90. The standard InChI is InChI=1S/C25H26N4O13S2/c1-16-12-21(30)20(27-44(37,38)25-14-18(29(33)34)5-7-23(25)42-11-9-40-3)15-19(16)26-43(35,36)24-13-17(28(31)32)4-6-22(24)41-10-8-39-2/h4-7,12-15,27H,8-11H2,1-3H3. The van der Waals surface area contributed by atoms with E-state index < -0.39 is 62.5 Å². The van der Waals surface area contributed by atoms with E-state index in [1.807, 2.05) is 4.72 Å². The molecule has 0 radical (unpaired) electrons. The SMILES string of the molecule is COCCOc1ccc([N+](=O)[O-])cc1S(=O)(=O)N=C1C=C(NS(=O)(=O)c2cc([N+](=O)[O-])ccc2OCCOC)C(=O)C=C1C. The van der Waals surface area contributed by atoms with Crippen LogP contribution >= 0.6 is 0 Å². The van der Waals surface area contributed by atoms with Crippen molar-refractivity contribution in [1.29, 1.82) is 0 Å². The lowest BCUT2D eigenvalue weighted by molar-refractivity contribution is -0.385. The second-order valence-corrected chi connectivity index (χ2v) is 12.0. The molecule has 0 fully saturated rings. The summed E-state index contributed by atoms with van der Waals surface area (Å²) in [6.07, 6.45) is 1.76. The number of carbonyl (C=O) groups excluding carboxylic acids is 1. The van der Waals surface area contributed by atoms with Gasteiger partial charge in [-0.15, -0.1) is 0 Å². The topological polar surface area (TPSA) is 233 Å². The predicted octanol–water partition coefficient (Wildman–Crippen LogP) is 2.07. The molecule has 3 rings (SSSR count). The van der Waals surface area contributed by atoms with E-state index in [0.717, 1.165) is 48.6 Å². The third kappa shape index (κ3) is 8.22. The van der Waals surface area contributed by atoms with Crippen molar-refractivity contribution >= 4 is 42.9 Å². The van der Waals surface area contributed by atoms with Crippen LogP contribution in [0.15, 0.2) is 74.0 Å². The van der Waals surface area contributed by atoms with Crippen molar-refractivity contribution in [3.05, 3.63) is 80.0 Å². The fraction of sp³-hybridized carbons (Fsp3) is 0.280. The molecular formula is C25H26N4O13S2. The van der Waals surface area contributed by atoms with Crippen molar-refractivity contribution < 1.29 is 50.4 Å². The molecule has 0 saturated heterocycles. The molecule has 17 nitrogen and oxygen atoms in total. The summed E-state index contributed by atoms with van der Waals surface area (Å²) in [7, 11) is -6.73. The van der Waals surface area contributed by atoms with Gasteiger partial charge < -0.3 is 18.9 Å². The van der Waals surface area contributed by atoms with Gasteiger partial charge >= 0.3 is 0 Å². The van der Waals surface area contributed by atoms with E-state index in [1.54, 1.807) is 0 Å². The lowest BCUT2D eigenvalue weighted by Crippen LogP contribution is -2.30. The highest BCUT2D eigenvalue weighted by Crippen LogP contribution is 2.32. The van der Waals surface area contributed by atoms with Crippen molar-refractivity contribution in [2.45, 2.75) is 16.7 Å². The summed E-state index contributed by atoms with van der Waals surface area (Å²) in [4.78, 5) is 32.4. The first-order chi connectivity index (χ1) is 20.7. The van der Waals surface area contributed by atoms with Crippen LogP contribution in [0.4, 0.5) is 11.4 Å². The number of sulfonamides is 2. The van der Waals surface area contributed by atoms with Gasteiger partial charge in [0, 0.05) is 38.5 Å². The first-order valence-electron chi connectivity index (χ1n) is 12.3. The number of ketones is 1. The summed E-state index contributed by atoms with van der Waals surface area (Å²) in [6.45, 7) is 1.27. The summed E-state index contributed by atoms with van der Waals surface area (Å²) < 4.78 is 79.6. The van der Waals surface area contributed by atoms with Crippen molar-refractivity contribution in [1.82, 2.24) is 4.72 Å². The maximum atomic E-state index is 13.3. The van der Waals surface area contributed by atoms with E-state index in [2.05, 4.69) is 4.40 Å². The monoisotopic (exact) mass is 654 g/mol. The number of benzene rings is 2. The van der Waals surface area contributed by atoms with Crippen LogP contribution in [0.5, 0.6) is 11.5 Å². The Labute approximate surface area is 251 Å². The molecular weight excluding hydrogens is 628 g/mol. The highest BCUT2D eigenvalue weighted by atomic mass is 32.2. The largest absolute Gasteiger partial charge is 0.490 e. The van der Waals surface area contributed by atoms with Crippen LogP contribution < -0.4 is 14.2 Å². The lowest BCUT2D eigenvalue weighted by Gasteiger charge is -2.17. The molecule has 0 spiro atoms.